The number of H-pyrrole nitrogens is 1. The molecular weight excluding hydrogens is 500 g/mol. The minimum Gasteiger partial charge on any atom is -0.348 e. The Morgan fingerprint density at radius 1 is 0.912 bits per heavy atom. The zero-order valence-electron chi connectivity index (χ0n) is 19.0. The van der Waals surface area contributed by atoms with Gasteiger partial charge in [0.25, 0.3) is 0 Å². The highest BCUT2D eigenvalue weighted by atomic mass is 79.9. The highest BCUT2D eigenvalue weighted by molar-refractivity contribution is 9.10. The molecule has 0 bridgehead atoms. The van der Waals surface area contributed by atoms with E-state index in [4.69, 9.17) is 0 Å². The van der Waals surface area contributed by atoms with Gasteiger partial charge in [-0.05, 0) is 17.7 Å². The number of imidazole rings is 1. The van der Waals surface area contributed by atoms with Gasteiger partial charge in [0.1, 0.15) is 5.82 Å². The van der Waals surface area contributed by atoms with E-state index in [1.54, 1.807) is 18.3 Å². The number of halogens is 4. The van der Waals surface area contributed by atoms with Gasteiger partial charge in [0, 0.05) is 23.3 Å². The van der Waals surface area contributed by atoms with E-state index in [0.717, 1.165) is 41.3 Å². The predicted molar refractivity (Wildman–Crippen MR) is 138 cm³/mol. The highest BCUT2D eigenvalue weighted by Gasteiger charge is 2.35. The quantitative estimate of drug-likeness (QED) is 0.261. The Hall–Kier alpha value is -2.80. The fourth-order valence-electron chi connectivity index (χ4n) is 3.84. The van der Waals surface area contributed by atoms with E-state index in [9.17, 15) is 13.2 Å². The third-order valence-corrected chi connectivity index (χ3v) is 6.06. The molecule has 0 unspecified atom stereocenters. The van der Waals surface area contributed by atoms with Crippen molar-refractivity contribution in [3.8, 4) is 0 Å². The Morgan fingerprint density at radius 2 is 1.59 bits per heavy atom. The summed E-state index contributed by atoms with van der Waals surface area (Å²) in [6.07, 6.45) is 2.77. The Bertz CT molecular complexity index is 1110. The summed E-state index contributed by atoms with van der Waals surface area (Å²) in [5, 5.41) is 0. The van der Waals surface area contributed by atoms with E-state index >= 15 is 0 Å². The predicted octanol–water partition coefficient (Wildman–Crippen LogP) is 6.88. The number of unbranched alkanes of at least 4 members (excludes halogenated alkanes) is 1. The Balaban J connectivity index is 0.000000212. The Kier molecular flexibility index (Phi) is 9.57. The van der Waals surface area contributed by atoms with E-state index in [1.165, 1.54) is 17.7 Å². The molecule has 1 aromatic heterocycles. The van der Waals surface area contributed by atoms with Crippen LogP contribution in [0.15, 0.2) is 95.7 Å². The number of aromatic amines is 1. The first-order valence-electron chi connectivity index (χ1n) is 11.3. The molecule has 0 fully saturated rings. The molecule has 4 aromatic rings. The smallest absolute Gasteiger partial charge is 0.348 e. The largest absolute Gasteiger partial charge is 0.415 e. The minimum atomic E-state index is -4.31. The van der Waals surface area contributed by atoms with Gasteiger partial charge in [-0.15, -0.1) is 0 Å². The lowest BCUT2D eigenvalue weighted by Gasteiger charge is -2.19. The summed E-state index contributed by atoms with van der Waals surface area (Å²) in [5.41, 5.74) is 2.07. The van der Waals surface area contributed by atoms with Gasteiger partial charge in [0.2, 0.25) is 6.71 Å². The molecule has 0 saturated heterocycles. The molecule has 0 spiro atoms. The second kappa shape index (κ2) is 12.6. The van der Waals surface area contributed by atoms with Gasteiger partial charge in [-0.3, -0.25) is 0 Å². The van der Waals surface area contributed by atoms with Crippen molar-refractivity contribution in [2.45, 2.75) is 38.7 Å². The van der Waals surface area contributed by atoms with Gasteiger partial charge in [-0.1, -0.05) is 120 Å². The summed E-state index contributed by atoms with van der Waals surface area (Å²) in [6.45, 7) is 1.85. The lowest BCUT2D eigenvalue weighted by molar-refractivity contribution is -0.136. The molecule has 0 amide bonds. The standard InChI is InChI=1S/C17H18BF3.C10H9BrN2/c1-2-3-13-18(14-9-5-4-6-10-14)16-12-8-7-11-15(16)17(19,20)21;11-9-3-1-8(2-4-9)7-10-12-5-6-13-10/h4-12H,2-3,13H2,1H3;1-6H,7H2,(H,12,13). The van der Waals surface area contributed by atoms with Crippen molar-refractivity contribution in [3.63, 3.8) is 0 Å². The molecule has 0 aliphatic heterocycles. The van der Waals surface area contributed by atoms with Crippen molar-refractivity contribution in [1.82, 2.24) is 9.97 Å². The first kappa shape index (κ1) is 25.8. The topological polar surface area (TPSA) is 28.7 Å². The number of alkyl halides is 3. The maximum absolute atomic E-state index is 13.2. The summed E-state index contributed by atoms with van der Waals surface area (Å²) in [5.74, 6) is 1.00. The van der Waals surface area contributed by atoms with E-state index in [2.05, 4.69) is 45.0 Å². The van der Waals surface area contributed by atoms with Crippen molar-refractivity contribution >= 4 is 33.6 Å². The summed E-state index contributed by atoms with van der Waals surface area (Å²) in [6, 6.07) is 23.6. The van der Waals surface area contributed by atoms with Crippen molar-refractivity contribution in [1.29, 1.82) is 0 Å². The van der Waals surface area contributed by atoms with Gasteiger partial charge < -0.3 is 4.98 Å². The van der Waals surface area contributed by atoms with Gasteiger partial charge in [-0.2, -0.15) is 13.2 Å². The zero-order chi connectivity index (χ0) is 24.4. The molecule has 34 heavy (non-hydrogen) atoms. The first-order chi connectivity index (χ1) is 16.4. The summed E-state index contributed by atoms with van der Waals surface area (Å²) >= 11 is 3.40. The second-order valence-electron chi connectivity index (χ2n) is 8.03. The lowest BCUT2D eigenvalue weighted by Crippen LogP contribution is -2.45. The molecule has 2 nitrogen and oxygen atoms in total. The Labute approximate surface area is 207 Å². The third-order valence-electron chi connectivity index (χ3n) is 5.53. The van der Waals surface area contributed by atoms with Crippen LogP contribution in [-0.4, -0.2) is 16.7 Å². The average Bonchev–Trinajstić information content (AvgIpc) is 3.35. The van der Waals surface area contributed by atoms with Crippen LogP contribution in [0, 0.1) is 0 Å². The maximum atomic E-state index is 13.2. The zero-order valence-corrected chi connectivity index (χ0v) is 20.6. The molecule has 0 aliphatic carbocycles. The van der Waals surface area contributed by atoms with Gasteiger partial charge in [-0.25, -0.2) is 4.98 Å². The number of nitrogens with one attached hydrogen (secondary N) is 1. The molecule has 1 N–H and O–H groups in total. The van der Waals surface area contributed by atoms with Crippen LogP contribution in [0.25, 0.3) is 0 Å². The highest BCUT2D eigenvalue weighted by Crippen LogP contribution is 2.28. The van der Waals surface area contributed by atoms with Crippen LogP contribution in [-0.2, 0) is 12.6 Å². The van der Waals surface area contributed by atoms with Crippen molar-refractivity contribution in [2.24, 2.45) is 0 Å². The van der Waals surface area contributed by atoms with E-state index in [-0.39, 0.29) is 6.71 Å². The number of aromatic nitrogens is 2. The minimum absolute atomic E-state index is 0.205. The monoisotopic (exact) mass is 526 g/mol. The number of hydrogen-bond donors (Lipinski definition) is 1. The van der Waals surface area contributed by atoms with Crippen LogP contribution in [0.1, 0.15) is 36.7 Å². The van der Waals surface area contributed by atoms with Crippen molar-refractivity contribution in [2.75, 3.05) is 0 Å². The molecule has 0 atom stereocenters. The summed E-state index contributed by atoms with van der Waals surface area (Å²) in [7, 11) is 0. The molecule has 0 aliphatic rings. The van der Waals surface area contributed by atoms with Gasteiger partial charge in [0.05, 0.1) is 5.56 Å². The average molecular weight is 527 g/mol. The molecule has 0 saturated carbocycles. The fourth-order valence-corrected chi connectivity index (χ4v) is 4.11. The third kappa shape index (κ3) is 7.62. The van der Waals surface area contributed by atoms with E-state index < -0.39 is 11.7 Å². The normalized spacial score (nSPS) is 11.0. The number of nitrogens with zero attached hydrogens (tertiary/aromatic N) is 1. The molecule has 0 radical (unpaired) electrons. The maximum Gasteiger partial charge on any atom is 0.415 e. The fraction of sp³-hybridized carbons (Fsp3) is 0.222. The van der Waals surface area contributed by atoms with E-state index in [0.29, 0.717) is 5.46 Å². The first-order valence-corrected chi connectivity index (χ1v) is 12.1. The summed E-state index contributed by atoms with van der Waals surface area (Å²) in [4.78, 5) is 7.24. The molecule has 3 aromatic carbocycles. The van der Waals surface area contributed by atoms with Crippen LogP contribution in [0.2, 0.25) is 6.32 Å². The van der Waals surface area contributed by atoms with Crippen LogP contribution < -0.4 is 10.9 Å². The van der Waals surface area contributed by atoms with Crippen LogP contribution in [0.5, 0.6) is 0 Å². The number of hydrogen-bond acceptors (Lipinski definition) is 1. The summed E-state index contributed by atoms with van der Waals surface area (Å²) < 4.78 is 40.8. The SMILES string of the molecule is Brc1ccc(Cc2ncc[nH]2)cc1.CCCCB(c1ccccc1)c1ccccc1C(F)(F)F. The van der Waals surface area contributed by atoms with Crippen LogP contribution >= 0.6 is 15.9 Å². The molecule has 1 heterocycles. The second-order valence-corrected chi connectivity index (χ2v) is 8.95. The Morgan fingerprint density at radius 3 is 2.21 bits per heavy atom. The molecular formula is C27H27BBrF3N2. The number of benzene rings is 3. The van der Waals surface area contributed by atoms with E-state index in [1.807, 2.05) is 48.7 Å². The van der Waals surface area contributed by atoms with Crippen molar-refractivity contribution in [3.05, 3.63) is 113 Å². The molecule has 4 rings (SSSR count). The van der Waals surface area contributed by atoms with Crippen LogP contribution in [0.3, 0.4) is 0 Å². The molecule has 7 heteroatoms. The van der Waals surface area contributed by atoms with Crippen molar-refractivity contribution < 1.29 is 13.2 Å². The number of rotatable bonds is 7. The molecule has 176 valence electrons. The van der Waals surface area contributed by atoms with Gasteiger partial charge in [0.15, 0.2) is 0 Å². The van der Waals surface area contributed by atoms with Crippen LogP contribution in [0.4, 0.5) is 13.2 Å². The lowest BCUT2D eigenvalue weighted by atomic mass is 9.37. The van der Waals surface area contributed by atoms with Gasteiger partial charge >= 0.3 is 6.18 Å².